The lowest BCUT2D eigenvalue weighted by atomic mass is 10.1. The van der Waals surface area contributed by atoms with E-state index in [4.69, 9.17) is 4.74 Å². The fraction of sp³-hybridized carbons (Fsp3) is 0.286. The SMILES string of the molecule is CCNc1nc(C2Cc3ccccc3O2)ncc1I. The third kappa shape index (κ3) is 2.51. The van der Waals surface area contributed by atoms with Gasteiger partial charge in [-0.15, -0.1) is 0 Å². The van der Waals surface area contributed by atoms with Gasteiger partial charge in [-0.05, 0) is 41.1 Å². The van der Waals surface area contributed by atoms with Gasteiger partial charge in [0.05, 0.1) is 3.57 Å². The van der Waals surface area contributed by atoms with Crippen LogP contribution in [0, 0.1) is 3.57 Å². The van der Waals surface area contributed by atoms with Crippen molar-refractivity contribution >= 4 is 28.4 Å². The number of anilines is 1. The molecule has 4 nitrogen and oxygen atoms in total. The number of nitrogens with one attached hydrogen (secondary N) is 1. The van der Waals surface area contributed by atoms with E-state index in [2.05, 4.69) is 50.9 Å². The van der Waals surface area contributed by atoms with Crippen LogP contribution in [0.15, 0.2) is 30.5 Å². The quantitative estimate of drug-likeness (QED) is 0.847. The summed E-state index contributed by atoms with van der Waals surface area (Å²) >= 11 is 2.24. The van der Waals surface area contributed by atoms with Crippen molar-refractivity contribution in [2.24, 2.45) is 0 Å². The summed E-state index contributed by atoms with van der Waals surface area (Å²) in [7, 11) is 0. The molecule has 0 saturated heterocycles. The highest BCUT2D eigenvalue weighted by atomic mass is 127. The fourth-order valence-electron chi connectivity index (χ4n) is 2.15. The molecule has 98 valence electrons. The van der Waals surface area contributed by atoms with E-state index < -0.39 is 0 Å². The van der Waals surface area contributed by atoms with E-state index in [9.17, 15) is 0 Å². The number of benzene rings is 1. The van der Waals surface area contributed by atoms with Crippen LogP contribution in [-0.4, -0.2) is 16.5 Å². The average Bonchev–Trinajstić information content (AvgIpc) is 2.85. The molecule has 1 aromatic heterocycles. The number of para-hydroxylation sites is 1. The van der Waals surface area contributed by atoms with E-state index in [1.807, 2.05) is 24.4 Å². The molecule has 2 aromatic rings. The zero-order chi connectivity index (χ0) is 13.2. The zero-order valence-corrected chi connectivity index (χ0v) is 12.7. The Morgan fingerprint density at radius 2 is 2.26 bits per heavy atom. The number of fused-ring (bicyclic) bond motifs is 1. The van der Waals surface area contributed by atoms with E-state index in [0.29, 0.717) is 0 Å². The minimum atomic E-state index is -0.0770. The van der Waals surface area contributed by atoms with Crippen molar-refractivity contribution in [3.63, 3.8) is 0 Å². The number of nitrogens with zero attached hydrogens (tertiary/aromatic N) is 2. The second-order valence-electron chi connectivity index (χ2n) is 4.37. The molecule has 2 heterocycles. The van der Waals surface area contributed by atoms with E-state index >= 15 is 0 Å². The minimum absolute atomic E-state index is 0.0770. The van der Waals surface area contributed by atoms with Crippen molar-refractivity contribution in [2.45, 2.75) is 19.4 Å². The minimum Gasteiger partial charge on any atom is -0.482 e. The van der Waals surface area contributed by atoms with Crippen molar-refractivity contribution in [3.05, 3.63) is 45.4 Å². The van der Waals surface area contributed by atoms with Crippen LogP contribution in [0.4, 0.5) is 5.82 Å². The number of rotatable bonds is 3. The standard InChI is InChI=1S/C14H14IN3O/c1-2-16-13-10(15)8-17-14(18-13)12-7-9-5-3-4-6-11(9)19-12/h3-6,8,12H,2,7H2,1H3,(H,16,17,18). The first kappa shape index (κ1) is 12.7. The molecule has 1 N–H and O–H groups in total. The molecule has 0 radical (unpaired) electrons. The van der Waals surface area contributed by atoms with Gasteiger partial charge in [-0.25, -0.2) is 9.97 Å². The van der Waals surface area contributed by atoms with Crippen LogP contribution in [0.25, 0.3) is 0 Å². The van der Waals surface area contributed by atoms with Crippen LogP contribution in [0.2, 0.25) is 0 Å². The van der Waals surface area contributed by atoms with Gasteiger partial charge in [0, 0.05) is 19.2 Å². The average molecular weight is 367 g/mol. The second-order valence-corrected chi connectivity index (χ2v) is 5.54. The van der Waals surface area contributed by atoms with Crippen LogP contribution >= 0.6 is 22.6 Å². The van der Waals surface area contributed by atoms with E-state index in [0.717, 1.165) is 33.9 Å². The van der Waals surface area contributed by atoms with Gasteiger partial charge in [-0.2, -0.15) is 0 Å². The van der Waals surface area contributed by atoms with Crippen LogP contribution in [-0.2, 0) is 6.42 Å². The largest absolute Gasteiger partial charge is 0.482 e. The molecule has 0 saturated carbocycles. The normalized spacial score (nSPS) is 16.8. The zero-order valence-electron chi connectivity index (χ0n) is 10.6. The number of hydrogen-bond acceptors (Lipinski definition) is 4. The van der Waals surface area contributed by atoms with Crippen LogP contribution in [0.5, 0.6) is 5.75 Å². The Balaban J connectivity index is 1.87. The summed E-state index contributed by atoms with van der Waals surface area (Å²) in [4.78, 5) is 8.97. The Morgan fingerprint density at radius 3 is 3.05 bits per heavy atom. The van der Waals surface area contributed by atoms with Gasteiger partial charge in [0.1, 0.15) is 11.6 Å². The van der Waals surface area contributed by atoms with Crippen molar-refractivity contribution in [2.75, 3.05) is 11.9 Å². The molecular weight excluding hydrogens is 353 g/mol. The molecule has 1 unspecified atom stereocenters. The molecule has 1 aliphatic heterocycles. The number of aromatic nitrogens is 2. The highest BCUT2D eigenvalue weighted by molar-refractivity contribution is 14.1. The molecule has 1 atom stereocenters. The van der Waals surface area contributed by atoms with Crippen molar-refractivity contribution in [1.29, 1.82) is 0 Å². The lowest BCUT2D eigenvalue weighted by Crippen LogP contribution is -2.11. The van der Waals surface area contributed by atoms with Crippen molar-refractivity contribution in [3.8, 4) is 5.75 Å². The Bertz CT molecular complexity index is 578. The van der Waals surface area contributed by atoms with E-state index in [1.165, 1.54) is 5.56 Å². The fourth-order valence-corrected chi connectivity index (χ4v) is 2.60. The molecule has 0 spiro atoms. The van der Waals surface area contributed by atoms with Gasteiger partial charge in [0.15, 0.2) is 11.9 Å². The monoisotopic (exact) mass is 367 g/mol. The predicted molar refractivity (Wildman–Crippen MR) is 82.4 cm³/mol. The third-order valence-electron chi connectivity index (χ3n) is 3.04. The molecule has 0 aliphatic carbocycles. The van der Waals surface area contributed by atoms with Gasteiger partial charge in [0.2, 0.25) is 0 Å². The second kappa shape index (κ2) is 5.32. The van der Waals surface area contributed by atoms with Gasteiger partial charge >= 0.3 is 0 Å². The maximum Gasteiger partial charge on any atom is 0.171 e. The molecule has 5 heteroatoms. The summed E-state index contributed by atoms with van der Waals surface area (Å²) < 4.78 is 6.94. The Morgan fingerprint density at radius 1 is 1.42 bits per heavy atom. The van der Waals surface area contributed by atoms with Gasteiger partial charge in [-0.3, -0.25) is 0 Å². The summed E-state index contributed by atoms with van der Waals surface area (Å²) in [5, 5.41) is 3.25. The van der Waals surface area contributed by atoms with Crippen molar-refractivity contribution in [1.82, 2.24) is 9.97 Å². The number of halogens is 1. The smallest absolute Gasteiger partial charge is 0.171 e. The topological polar surface area (TPSA) is 47.0 Å². The molecule has 1 aliphatic rings. The summed E-state index contributed by atoms with van der Waals surface area (Å²) in [5.74, 6) is 2.57. The Labute approximate surface area is 125 Å². The molecule has 19 heavy (non-hydrogen) atoms. The number of hydrogen-bond donors (Lipinski definition) is 1. The Hall–Kier alpha value is -1.37. The third-order valence-corrected chi connectivity index (χ3v) is 3.83. The molecule has 1 aromatic carbocycles. The highest BCUT2D eigenvalue weighted by Crippen LogP contribution is 2.35. The summed E-state index contributed by atoms with van der Waals surface area (Å²) in [5.41, 5.74) is 1.22. The maximum absolute atomic E-state index is 5.91. The summed E-state index contributed by atoms with van der Waals surface area (Å²) in [6.07, 6.45) is 2.60. The maximum atomic E-state index is 5.91. The molecule has 3 rings (SSSR count). The van der Waals surface area contributed by atoms with Crippen LogP contribution < -0.4 is 10.1 Å². The van der Waals surface area contributed by atoms with Crippen LogP contribution in [0.1, 0.15) is 24.4 Å². The van der Waals surface area contributed by atoms with Gasteiger partial charge < -0.3 is 10.1 Å². The van der Waals surface area contributed by atoms with E-state index in [-0.39, 0.29) is 6.10 Å². The van der Waals surface area contributed by atoms with Gasteiger partial charge in [0.25, 0.3) is 0 Å². The first-order valence-electron chi connectivity index (χ1n) is 6.28. The Kier molecular flexibility index (Phi) is 3.54. The van der Waals surface area contributed by atoms with E-state index in [1.54, 1.807) is 0 Å². The summed E-state index contributed by atoms with van der Waals surface area (Å²) in [6.45, 7) is 2.90. The first-order chi connectivity index (χ1) is 9.28. The molecule has 0 fully saturated rings. The molecular formula is C14H14IN3O. The van der Waals surface area contributed by atoms with Crippen LogP contribution in [0.3, 0.4) is 0 Å². The number of ether oxygens (including phenoxy) is 1. The van der Waals surface area contributed by atoms with Gasteiger partial charge in [-0.1, -0.05) is 18.2 Å². The molecule has 0 bridgehead atoms. The van der Waals surface area contributed by atoms with Crippen molar-refractivity contribution < 1.29 is 4.74 Å². The lowest BCUT2D eigenvalue weighted by Gasteiger charge is -2.12. The first-order valence-corrected chi connectivity index (χ1v) is 7.36. The highest BCUT2D eigenvalue weighted by Gasteiger charge is 2.26. The molecule has 0 amide bonds. The lowest BCUT2D eigenvalue weighted by molar-refractivity contribution is 0.227. The summed E-state index contributed by atoms with van der Waals surface area (Å²) in [6, 6.07) is 8.10. The predicted octanol–water partition coefficient (Wildman–Crippen LogP) is 3.19.